The van der Waals surface area contributed by atoms with Crippen molar-refractivity contribution < 1.29 is 9.21 Å². The molecule has 4 nitrogen and oxygen atoms in total. The highest BCUT2D eigenvalue weighted by Gasteiger charge is 2.08. The lowest BCUT2D eigenvalue weighted by Crippen LogP contribution is -2.26. The summed E-state index contributed by atoms with van der Waals surface area (Å²) in [5.74, 6) is 0.781. The first-order valence-corrected chi connectivity index (χ1v) is 5.83. The summed E-state index contributed by atoms with van der Waals surface area (Å²) >= 11 is 0. The van der Waals surface area contributed by atoms with Crippen LogP contribution in [0.5, 0.6) is 0 Å². The van der Waals surface area contributed by atoms with Gasteiger partial charge in [0.2, 0.25) is 0 Å². The number of furan rings is 1. The maximum atomic E-state index is 11.9. The number of hydrogen-bond acceptors (Lipinski definition) is 3. The molecular weight excluding hydrogens is 228 g/mol. The molecule has 0 aliphatic rings. The number of aryl methyl sites for hydroxylation is 1. The van der Waals surface area contributed by atoms with E-state index in [1.54, 1.807) is 24.5 Å². The Bertz CT molecular complexity index is 533. The van der Waals surface area contributed by atoms with E-state index in [-0.39, 0.29) is 5.91 Å². The maximum absolute atomic E-state index is 11.9. The Balaban J connectivity index is 1.91. The first-order valence-electron chi connectivity index (χ1n) is 5.83. The predicted octanol–water partition coefficient (Wildman–Crippen LogP) is 2.14. The lowest BCUT2D eigenvalue weighted by Gasteiger charge is -2.07. The molecule has 2 aromatic rings. The number of hydrogen-bond donors (Lipinski definition) is 2. The quantitative estimate of drug-likeness (QED) is 0.810. The van der Waals surface area contributed by atoms with Gasteiger partial charge in [0.15, 0.2) is 0 Å². The van der Waals surface area contributed by atoms with Gasteiger partial charge in [-0.2, -0.15) is 0 Å². The summed E-state index contributed by atoms with van der Waals surface area (Å²) < 4.78 is 5.19. The number of nitrogen functional groups attached to an aromatic ring is 1. The van der Waals surface area contributed by atoms with Crippen molar-refractivity contribution in [2.75, 3.05) is 12.3 Å². The molecule has 18 heavy (non-hydrogen) atoms. The number of amides is 1. The fraction of sp³-hybridized carbons (Fsp3) is 0.214. The van der Waals surface area contributed by atoms with Crippen LogP contribution in [-0.2, 0) is 6.42 Å². The van der Waals surface area contributed by atoms with Crippen molar-refractivity contribution in [2.45, 2.75) is 13.3 Å². The Kier molecular flexibility index (Phi) is 3.67. The molecule has 1 amide bonds. The van der Waals surface area contributed by atoms with Gasteiger partial charge in [0, 0.05) is 24.2 Å². The minimum atomic E-state index is -0.0842. The lowest BCUT2D eigenvalue weighted by atomic mass is 10.1. The Morgan fingerprint density at radius 3 is 2.89 bits per heavy atom. The first kappa shape index (κ1) is 12.2. The standard InChI is InChI=1S/C14H16N2O2/c1-10-9-11(15)4-5-13(10)14(17)16-7-6-12-3-2-8-18-12/h2-5,8-9H,6-7,15H2,1H3,(H,16,17). The van der Waals surface area contributed by atoms with Gasteiger partial charge < -0.3 is 15.5 Å². The van der Waals surface area contributed by atoms with Crippen LogP contribution in [-0.4, -0.2) is 12.5 Å². The second-order valence-corrected chi connectivity index (χ2v) is 4.16. The van der Waals surface area contributed by atoms with Crippen LogP contribution >= 0.6 is 0 Å². The summed E-state index contributed by atoms with van der Waals surface area (Å²) in [5.41, 5.74) is 7.85. The summed E-state index contributed by atoms with van der Waals surface area (Å²) in [6, 6.07) is 8.99. The normalized spacial score (nSPS) is 10.3. The maximum Gasteiger partial charge on any atom is 0.251 e. The van der Waals surface area contributed by atoms with E-state index in [2.05, 4.69) is 5.32 Å². The van der Waals surface area contributed by atoms with E-state index >= 15 is 0 Å². The second-order valence-electron chi connectivity index (χ2n) is 4.16. The van der Waals surface area contributed by atoms with E-state index in [1.165, 1.54) is 0 Å². The Morgan fingerprint density at radius 2 is 2.22 bits per heavy atom. The van der Waals surface area contributed by atoms with Crippen LogP contribution in [0.4, 0.5) is 5.69 Å². The zero-order valence-corrected chi connectivity index (χ0v) is 10.3. The molecule has 0 saturated carbocycles. The van der Waals surface area contributed by atoms with Gasteiger partial charge in [0.1, 0.15) is 5.76 Å². The van der Waals surface area contributed by atoms with E-state index in [4.69, 9.17) is 10.2 Å². The van der Waals surface area contributed by atoms with Crippen LogP contribution in [0.2, 0.25) is 0 Å². The molecule has 0 radical (unpaired) electrons. The van der Waals surface area contributed by atoms with Crippen molar-refractivity contribution in [3.8, 4) is 0 Å². The number of nitrogens with two attached hydrogens (primary N) is 1. The molecule has 1 aromatic heterocycles. The molecule has 1 heterocycles. The molecule has 1 aromatic carbocycles. The SMILES string of the molecule is Cc1cc(N)ccc1C(=O)NCCc1ccco1. The average molecular weight is 244 g/mol. The van der Waals surface area contributed by atoms with Crippen molar-refractivity contribution in [2.24, 2.45) is 0 Å². The third-order valence-electron chi connectivity index (χ3n) is 2.73. The van der Waals surface area contributed by atoms with Crippen LogP contribution in [0.15, 0.2) is 41.0 Å². The number of anilines is 1. The molecule has 2 rings (SSSR count). The molecule has 0 unspecified atom stereocenters. The van der Waals surface area contributed by atoms with E-state index in [1.807, 2.05) is 19.1 Å². The van der Waals surface area contributed by atoms with E-state index in [9.17, 15) is 4.79 Å². The Labute approximate surface area is 106 Å². The highest BCUT2D eigenvalue weighted by Crippen LogP contribution is 2.12. The number of nitrogens with one attached hydrogen (secondary N) is 1. The second kappa shape index (κ2) is 5.40. The van der Waals surface area contributed by atoms with Crippen LogP contribution in [0, 0.1) is 6.92 Å². The van der Waals surface area contributed by atoms with Gasteiger partial charge in [-0.15, -0.1) is 0 Å². The topological polar surface area (TPSA) is 68.3 Å². The number of benzene rings is 1. The zero-order valence-electron chi connectivity index (χ0n) is 10.3. The summed E-state index contributed by atoms with van der Waals surface area (Å²) in [6.07, 6.45) is 2.31. The highest BCUT2D eigenvalue weighted by atomic mass is 16.3. The monoisotopic (exact) mass is 244 g/mol. The Hall–Kier alpha value is -2.23. The third kappa shape index (κ3) is 2.91. The highest BCUT2D eigenvalue weighted by molar-refractivity contribution is 5.95. The van der Waals surface area contributed by atoms with Crippen LogP contribution in [0.25, 0.3) is 0 Å². The van der Waals surface area contributed by atoms with Crippen molar-refractivity contribution >= 4 is 11.6 Å². The molecule has 3 N–H and O–H groups in total. The summed E-state index contributed by atoms with van der Waals surface area (Å²) in [5, 5.41) is 2.86. The molecule has 0 bridgehead atoms. The number of rotatable bonds is 4. The fourth-order valence-corrected chi connectivity index (χ4v) is 1.79. The van der Waals surface area contributed by atoms with Crippen LogP contribution in [0.3, 0.4) is 0 Å². The first-order chi connectivity index (χ1) is 8.66. The van der Waals surface area contributed by atoms with Gasteiger partial charge >= 0.3 is 0 Å². The Morgan fingerprint density at radius 1 is 1.39 bits per heavy atom. The average Bonchev–Trinajstić information content (AvgIpc) is 2.81. The van der Waals surface area contributed by atoms with Crippen molar-refractivity contribution in [1.82, 2.24) is 5.32 Å². The minimum Gasteiger partial charge on any atom is -0.469 e. The third-order valence-corrected chi connectivity index (χ3v) is 2.73. The van der Waals surface area contributed by atoms with Gasteiger partial charge in [0.25, 0.3) is 5.91 Å². The van der Waals surface area contributed by atoms with Crippen molar-refractivity contribution in [3.05, 3.63) is 53.5 Å². The molecule has 0 aliphatic carbocycles. The summed E-state index contributed by atoms with van der Waals surface area (Å²) in [7, 11) is 0. The number of carbonyl (C=O) groups is 1. The largest absolute Gasteiger partial charge is 0.469 e. The van der Waals surface area contributed by atoms with Crippen LogP contribution < -0.4 is 11.1 Å². The fourth-order valence-electron chi connectivity index (χ4n) is 1.79. The molecule has 0 fully saturated rings. The molecular formula is C14H16N2O2. The molecule has 0 spiro atoms. The van der Waals surface area contributed by atoms with E-state index in [0.29, 0.717) is 24.2 Å². The van der Waals surface area contributed by atoms with Gasteiger partial charge in [-0.25, -0.2) is 0 Å². The molecule has 0 saturated heterocycles. The van der Waals surface area contributed by atoms with Crippen molar-refractivity contribution in [3.63, 3.8) is 0 Å². The number of carbonyl (C=O) groups excluding carboxylic acids is 1. The smallest absolute Gasteiger partial charge is 0.251 e. The van der Waals surface area contributed by atoms with E-state index in [0.717, 1.165) is 11.3 Å². The molecule has 0 aliphatic heterocycles. The van der Waals surface area contributed by atoms with E-state index < -0.39 is 0 Å². The van der Waals surface area contributed by atoms with Crippen LogP contribution in [0.1, 0.15) is 21.7 Å². The van der Waals surface area contributed by atoms with Gasteiger partial charge in [0.05, 0.1) is 6.26 Å². The summed E-state index contributed by atoms with van der Waals surface area (Å²) in [4.78, 5) is 11.9. The van der Waals surface area contributed by atoms with Gasteiger partial charge in [-0.3, -0.25) is 4.79 Å². The zero-order chi connectivity index (χ0) is 13.0. The molecule has 94 valence electrons. The predicted molar refractivity (Wildman–Crippen MR) is 70.3 cm³/mol. The van der Waals surface area contributed by atoms with Gasteiger partial charge in [-0.05, 0) is 42.8 Å². The lowest BCUT2D eigenvalue weighted by molar-refractivity contribution is 0.0953. The molecule has 0 atom stereocenters. The van der Waals surface area contributed by atoms with Crippen molar-refractivity contribution in [1.29, 1.82) is 0 Å². The van der Waals surface area contributed by atoms with Gasteiger partial charge in [-0.1, -0.05) is 0 Å². The minimum absolute atomic E-state index is 0.0842. The summed E-state index contributed by atoms with van der Waals surface area (Å²) in [6.45, 7) is 2.42. The molecule has 4 heteroatoms.